The molecule has 0 aromatic heterocycles. The molecule has 6 heteroatoms. The summed E-state index contributed by atoms with van der Waals surface area (Å²) in [6.07, 6.45) is 0. The molecule has 4 nitrogen and oxygen atoms in total. The van der Waals surface area contributed by atoms with Crippen LogP contribution in [0.15, 0.2) is 23.1 Å². The fourth-order valence-electron chi connectivity index (χ4n) is 1.35. The topological polar surface area (TPSA) is 60.4 Å². The van der Waals surface area contributed by atoms with Gasteiger partial charge < -0.3 is 4.74 Å². The third kappa shape index (κ3) is 1.38. The van der Waals surface area contributed by atoms with Gasteiger partial charge in [-0.2, -0.15) is 0 Å². The number of esters is 1. The summed E-state index contributed by atoms with van der Waals surface area (Å²) < 4.78 is 26.9. The van der Waals surface area contributed by atoms with Crippen molar-refractivity contribution in [3.05, 3.63) is 29.3 Å². The lowest BCUT2D eigenvalue weighted by molar-refractivity contribution is 0.0532. The Labute approximate surface area is 84.9 Å². The van der Waals surface area contributed by atoms with Gasteiger partial charge in [0, 0.05) is 16.2 Å². The normalized spacial score (nSPS) is 15.1. The van der Waals surface area contributed by atoms with Gasteiger partial charge >= 0.3 is 5.97 Å². The van der Waals surface area contributed by atoms with Crippen LogP contribution in [-0.2, 0) is 20.4 Å². The van der Waals surface area contributed by atoms with Crippen molar-refractivity contribution in [1.29, 1.82) is 0 Å². The molecule has 1 aromatic carbocycles. The van der Waals surface area contributed by atoms with Crippen LogP contribution in [0.3, 0.4) is 0 Å². The van der Waals surface area contributed by atoms with E-state index in [0.29, 0.717) is 5.56 Å². The number of hydrogen-bond donors (Lipinski definition) is 0. The second-order valence-electron chi connectivity index (χ2n) is 2.80. The highest BCUT2D eigenvalue weighted by molar-refractivity contribution is 8.13. The van der Waals surface area contributed by atoms with E-state index in [1.54, 1.807) is 6.07 Å². The van der Waals surface area contributed by atoms with Gasteiger partial charge in [-0.3, -0.25) is 0 Å². The Morgan fingerprint density at radius 2 is 2.07 bits per heavy atom. The van der Waals surface area contributed by atoms with Gasteiger partial charge in [0.2, 0.25) is 0 Å². The second-order valence-corrected chi connectivity index (χ2v) is 5.34. The van der Waals surface area contributed by atoms with Gasteiger partial charge in [0.05, 0.1) is 10.5 Å². The highest BCUT2D eigenvalue weighted by atomic mass is 35.7. The molecule has 0 aliphatic carbocycles. The highest BCUT2D eigenvalue weighted by Crippen LogP contribution is 2.28. The van der Waals surface area contributed by atoms with Gasteiger partial charge in [-0.25, -0.2) is 13.2 Å². The van der Waals surface area contributed by atoms with E-state index in [1.807, 2.05) is 0 Å². The maximum absolute atomic E-state index is 11.2. The van der Waals surface area contributed by atoms with Crippen molar-refractivity contribution in [2.24, 2.45) is 0 Å². The summed E-state index contributed by atoms with van der Waals surface area (Å²) in [6.45, 7) is 0.106. The zero-order valence-corrected chi connectivity index (χ0v) is 8.43. The number of hydrogen-bond acceptors (Lipinski definition) is 4. The summed E-state index contributed by atoms with van der Waals surface area (Å²) in [6, 6.07) is 4.44. The summed E-state index contributed by atoms with van der Waals surface area (Å²) in [7, 11) is 1.28. The Morgan fingerprint density at radius 3 is 2.71 bits per heavy atom. The lowest BCUT2D eigenvalue weighted by Gasteiger charge is -1.99. The van der Waals surface area contributed by atoms with Crippen LogP contribution >= 0.6 is 10.7 Å². The largest absolute Gasteiger partial charge is 0.457 e. The molecule has 0 amide bonds. The molecule has 0 saturated carbocycles. The lowest BCUT2D eigenvalue weighted by atomic mass is 10.1. The third-order valence-corrected chi connectivity index (χ3v) is 3.30. The van der Waals surface area contributed by atoms with E-state index in [0.717, 1.165) is 0 Å². The van der Waals surface area contributed by atoms with Crippen molar-refractivity contribution in [3.8, 4) is 0 Å². The molecule has 1 heterocycles. The molecule has 0 saturated heterocycles. The fraction of sp³-hybridized carbons (Fsp3) is 0.125. The van der Waals surface area contributed by atoms with Crippen LogP contribution in [0.1, 0.15) is 15.9 Å². The number of benzene rings is 1. The standard InChI is InChI=1S/C8H5ClO4S/c9-14(11,12)6-3-1-2-5-4-13-8(10)7(5)6/h1-3H,4H2. The molecular formula is C8H5ClO4S. The van der Waals surface area contributed by atoms with E-state index in [9.17, 15) is 13.2 Å². The number of ether oxygens (including phenoxy) is 1. The maximum Gasteiger partial charge on any atom is 0.340 e. The maximum atomic E-state index is 11.2. The summed E-state index contributed by atoms with van der Waals surface area (Å²) in [5, 5.41) is 0. The molecule has 2 rings (SSSR count). The molecule has 1 aliphatic rings. The van der Waals surface area contributed by atoms with Crippen molar-refractivity contribution in [2.75, 3.05) is 0 Å². The lowest BCUT2D eigenvalue weighted by Crippen LogP contribution is -2.02. The van der Waals surface area contributed by atoms with Crippen molar-refractivity contribution in [2.45, 2.75) is 11.5 Å². The minimum absolute atomic E-state index is 0.0579. The smallest absolute Gasteiger partial charge is 0.340 e. The molecule has 0 fully saturated rings. The Hall–Kier alpha value is -1.07. The molecular weight excluding hydrogens is 228 g/mol. The van der Waals surface area contributed by atoms with Crippen molar-refractivity contribution in [1.82, 2.24) is 0 Å². The quantitative estimate of drug-likeness (QED) is 0.541. The first-order valence-electron chi connectivity index (χ1n) is 3.74. The summed E-state index contributed by atoms with van der Waals surface area (Å²) in [4.78, 5) is 11.0. The van der Waals surface area contributed by atoms with Gasteiger partial charge in [0.1, 0.15) is 6.61 Å². The molecule has 74 valence electrons. The predicted molar refractivity (Wildman–Crippen MR) is 48.6 cm³/mol. The van der Waals surface area contributed by atoms with Gasteiger partial charge in [-0.05, 0) is 6.07 Å². The highest BCUT2D eigenvalue weighted by Gasteiger charge is 2.29. The molecule has 0 atom stereocenters. The van der Waals surface area contributed by atoms with Gasteiger partial charge in [-0.1, -0.05) is 12.1 Å². The van der Waals surface area contributed by atoms with Crippen LogP contribution in [0.2, 0.25) is 0 Å². The summed E-state index contributed by atoms with van der Waals surface area (Å²) >= 11 is 0. The monoisotopic (exact) mass is 232 g/mol. The second kappa shape index (κ2) is 2.96. The average Bonchev–Trinajstić information content (AvgIpc) is 2.46. The zero-order chi connectivity index (χ0) is 10.3. The van der Waals surface area contributed by atoms with Crippen LogP contribution in [0, 0.1) is 0 Å². The molecule has 1 aliphatic heterocycles. The van der Waals surface area contributed by atoms with Crippen molar-refractivity contribution < 1.29 is 17.9 Å². The minimum atomic E-state index is -3.89. The molecule has 0 unspecified atom stereocenters. The molecule has 0 spiro atoms. The van der Waals surface area contributed by atoms with E-state index in [4.69, 9.17) is 15.4 Å². The Kier molecular flexibility index (Phi) is 2.01. The molecule has 0 radical (unpaired) electrons. The average molecular weight is 233 g/mol. The van der Waals surface area contributed by atoms with Gasteiger partial charge in [0.25, 0.3) is 9.05 Å². The van der Waals surface area contributed by atoms with Gasteiger partial charge in [0.15, 0.2) is 0 Å². The fourth-order valence-corrected chi connectivity index (χ4v) is 2.43. The van der Waals surface area contributed by atoms with E-state index >= 15 is 0 Å². The van der Waals surface area contributed by atoms with Crippen LogP contribution < -0.4 is 0 Å². The number of cyclic esters (lactones) is 1. The van der Waals surface area contributed by atoms with Crippen LogP contribution in [-0.4, -0.2) is 14.4 Å². The van der Waals surface area contributed by atoms with Crippen LogP contribution in [0.5, 0.6) is 0 Å². The zero-order valence-electron chi connectivity index (χ0n) is 6.86. The number of rotatable bonds is 1. The first-order chi connectivity index (χ1) is 6.50. The van der Waals surface area contributed by atoms with E-state index in [-0.39, 0.29) is 17.1 Å². The molecule has 0 bridgehead atoms. The number of carbonyl (C=O) groups excluding carboxylic acids is 1. The van der Waals surface area contributed by atoms with Crippen molar-refractivity contribution in [3.63, 3.8) is 0 Å². The molecule has 14 heavy (non-hydrogen) atoms. The molecule has 0 N–H and O–H groups in total. The van der Waals surface area contributed by atoms with Crippen LogP contribution in [0.4, 0.5) is 0 Å². The summed E-state index contributed by atoms with van der Waals surface area (Å²) in [5.74, 6) is -0.639. The van der Waals surface area contributed by atoms with E-state index in [2.05, 4.69) is 0 Å². The predicted octanol–water partition coefficient (Wildman–Crippen LogP) is 1.28. The van der Waals surface area contributed by atoms with Gasteiger partial charge in [-0.15, -0.1) is 0 Å². The Bertz CT molecular complexity index is 506. The number of carbonyl (C=O) groups is 1. The SMILES string of the molecule is O=C1OCc2cccc(S(=O)(=O)Cl)c21. The summed E-state index contributed by atoms with van der Waals surface area (Å²) in [5.41, 5.74) is 0.610. The van der Waals surface area contributed by atoms with E-state index in [1.165, 1.54) is 12.1 Å². The minimum Gasteiger partial charge on any atom is -0.457 e. The Morgan fingerprint density at radius 1 is 1.36 bits per heavy atom. The third-order valence-electron chi connectivity index (χ3n) is 1.94. The van der Waals surface area contributed by atoms with Crippen LogP contribution in [0.25, 0.3) is 0 Å². The number of halogens is 1. The van der Waals surface area contributed by atoms with Crippen molar-refractivity contribution >= 4 is 25.7 Å². The number of fused-ring (bicyclic) bond motifs is 1. The first kappa shape index (κ1) is 9.48. The van der Waals surface area contributed by atoms with E-state index < -0.39 is 15.0 Å². The Balaban J connectivity index is 2.76. The first-order valence-corrected chi connectivity index (χ1v) is 6.05. The molecule has 1 aromatic rings.